The molecule has 2 heterocycles. The van der Waals surface area contributed by atoms with E-state index in [4.69, 9.17) is 4.74 Å². The van der Waals surface area contributed by atoms with Crippen LogP contribution < -0.4 is 20.3 Å². The molecule has 1 aromatic heterocycles. The lowest BCUT2D eigenvalue weighted by molar-refractivity contribution is 0.415. The van der Waals surface area contributed by atoms with Gasteiger partial charge in [0, 0.05) is 44.3 Å². The zero-order chi connectivity index (χ0) is 20.1. The molecule has 0 amide bonds. The Morgan fingerprint density at radius 2 is 2.00 bits per heavy atom. The predicted molar refractivity (Wildman–Crippen MR) is 119 cm³/mol. The fourth-order valence-electron chi connectivity index (χ4n) is 3.86. The number of hydrogen-bond acceptors (Lipinski definition) is 4. The Morgan fingerprint density at radius 1 is 1.17 bits per heavy atom. The molecular weight excluding hydrogens is 362 g/mol. The number of rotatable bonds is 5. The number of hydrogen-bond donors (Lipinski definition) is 2. The van der Waals surface area contributed by atoms with Crippen LogP contribution in [-0.2, 0) is 6.54 Å². The maximum Gasteiger partial charge on any atom is 0.191 e. The minimum atomic E-state index is 0.334. The van der Waals surface area contributed by atoms with E-state index in [2.05, 4.69) is 49.8 Å². The predicted octanol–water partition coefficient (Wildman–Crippen LogP) is 3.19. The van der Waals surface area contributed by atoms with Crippen molar-refractivity contribution in [2.24, 2.45) is 4.99 Å². The number of para-hydroxylation sites is 3. The zero-order valence-electron chi connectivity index (χ0n) is 16.9. The first kappa shape index (κ1) is 19.1. The molecule has 1 unspecified atom stereocenters. The van der Waals surface area contributed by atoms with E-state index in [1.165, 1.54) is 10.9 Å². The van der Waals surface area contributed by atoms with Crippen LogP contribution in [0.15, 0.2) is 65.8 Å². The van der Waals surface area contributed by atoms with Crippen molar-refractivity contribution < 1.29 is 4.74 Å². The van der Waals surface area contributed by atoms with E-state index in [0.29, 0.717) is 12.6 Å². The average molecular weight is 390 g/mol. The molecule has 6 heteroatoms. The van der Waals surface area contributed by atoms with E-state index in [0.717, 1.165) is 42.4 Å². The van der Waals surface area contributed by atoms with Crippen LogP contribution in [0.3, 0.4) is 0 Å². The highest BCUT2D eigenvalue weighted by atomic mass is 16.5. The standard InChI is InChI=1S/C23H27N5O/c1-24-23(26-15-17-11-13-25-20-8-4-3-7-19(17)20)27-18-12-14-28(16-18)21-9-5-6-10-22(21)29-2/h3-11,13,18H,12,14-16H2,1-2H3,(H2,24,26,27). The lowest BCUT2D eigenvalue weighted by Crippen LogP contribution is -2.44. The second kappa shape index (κ2) is 8.82. The van der Waals surface area contributed by atoms with Crippen molar-refractivity contribution in [2.45, 2.75) is 19.0 Å². The lowest BCUT2D eigenvalue weighted by atomic mass is 10.1. The maximum atomic E-state index is 5.51. The van der Waals surface area contributed by atoms with Crippen LogP contribution in [0, 0.1) is 0 Å². The molecular formula is C23H27N5O. The third-order valence-corrected chi connectivity index (χ3v) is 5.36. The normalized spacial score (nSPS) is 16.8. The number of guanidine groups is 1. The van der Waals surface area contributed by atoms with Crippen LogP contribution in [0.4, 0.5) is 5.69 Å². The highest BCUT2D eigenvalue weighted by Crippen LogP contribution is 2.30. The number of methoxy groups -OCH3 is 1. The molecule has 1 fully saturated rings. The first-order valence-electron chi connectivity index (χ1n) is 9.96. The molecule has 150 valence electrons. The Kier molecular flexibility index (Phi) is 5.79. The van der Waals surface area contributed by atoms with Crippen molar-refractivity contribution in [3.63, 3.8) is 0 Å². The molecule has 0 spiro atoms. The van der Waals surface area contributed by atoms with Gasteiger partial charge in [-0.3, -0.25) is 9.98 Å². The van der Waals surface area contributed by atoms with E-state index in [1.807, 2.05) is 43.6 Å². The van der Waals surface area contributed by atoms with Crippen LogP contribution in [0.2, 0.25) is 0 Å². The van der Waals surface area contributed by atoms with Crippen molar-refractivity contribution in [3.05, 3.63) is 66.4 Å². The number of aliphatic imine (C=N–C) groups is 1. The maximum absolute atomic E-state index is 5.51. The van der Waals surface area contributed by atoms with Crippen LogP contribution >= 0.6 is 0 Å². The number of nitrogens with zero attached hydrogens (tertiary/aromatic N) is 3. The summed E-state index contributed by atoms with van der Waals surface area (Å²) < 4.78 is 5.51. The van der Waals surface area contributed by atoms with Gasteiger partial charge in [0.05, 0.1) is 18.3 Å². The van der Waals surface area contributed by atoms with Gasteiger partial charge in [-0.25, -0.2) is 0 Å². The van der Waals surface area contributed by atoms with Gasteiger partial charge < -0.3 is 20.3 Å². The van der Waals surface area contributed by atoms with Crippen molar-refractivity contribution >= 4 is 22.5 Å². The van der Waals surface area contributed by atoms with Gasteiger partial charge in [0.25, 0.3) is 0 Å². The van der Waals surface area contributed by atoms with Crippen LogP contribution in [-0.4, -0.2) is 44.2 Å². The fraction of sp³-hybridized carbons (Fsp3) is 0.304. The largest absolute Gasteiger partial charge is 0.495 e. The fourth-order valence-corrected chi connectivity index (χ4v) is 3.86. The van der Waals surface area contributed by atoms with Gasteiger partial charge in [0.1, 0.15) is 5.75 Å². The van der Waals surface area contributed by atoms with Gasteiger partial charge in [-0.05, 0) is 36.2 Å². The van der Waals surface area contributed by atoms with E-state index < -0.39 is 0 Å². The summed E-state index contributed by atoms with van der Waals surface area (Å²) in [7, 11) is 3.53. The first-order valence-corrected chi connectivity index (χ1v) is 9.96. The lowest BCUT2D eigenvalue weighted by Gasteiger charge is -2.22. The van der Waals surface area contributed by atoms with Gasteiger partial charge in [-0.2, -0.15) is 0 Å². The van der Waals surface area contributed by atoms with E-state index >= 15 is 0 Å². The summed E-state index contributed by atoms with van der Waals surface area (Å²) in [5.74, 6) is 1.73. The van der Waals surface area contributed by atoms with E-state index in [9.17, 15) is 0 Å². The van der Waals surface area contributed by atoms with Gasteiger partial charge in [0.2, 0.25) is 0 Å². The number of ether oxygens (including phenoxy) is 1. The molecule has 1 saturated heterocycles. The first-order chi connectivity index (χ1) is 14.3. The Bertz CT molecular complexity index is 998. The summed E-state index contributed by atoms with van der Waals surface area (Å²) in [6.07, 6.45) is 2.91. The van der Waals surface area contributed by atoms with Crippen LogP contribution in [0.25, 0.3) is 10.9 Å². The highest BCUT2D eigenvalue weighted by molar-refractivity contribution is 5.84. The Labute approximate surface area is 171 Å². The number of fused-ring (bicyclic) bond motifs is 1. The molecule has 0 saturated carbocycles. The molecule has 0 aliphatic carbocycles. The third kappa shape index (κ3) is 4.26. The van der Waals surface area contributed by atoms with Crippen molar-refractivity contribution in [2.75, 3.05) is 32.1 Å². The molecule has 2 aromatic carbocycles. The molecule has 3 aromatic rings. The Hall–Kier alpha value is -3.28. The van der Waals surface area contributed by atoms with Gasteiger partial charge in [-0.1, -0.05) is 30.3 Å². The third-order valence-electron chi connectivity index (χ3n) is 5.36. The molecule has 2 N–H and O–H groups in total. The smallest absolute Gasteiger partial charge is 0.191 e. The number of pyridine rings is 1. The van der Waals surface area contributed by atoms with Crippen molar-refractivity contribution in [1.29, 1.82) is 0 Å². The molecule has 1 aliphatic rings. The minimum Gasteiger partial charge on any atom is -0.495 e. The molecule has 0 bridgehead atoms. The number of aromatic nitrogens is 1. The summed E-state index contributed by atoms with van der Waals surface area (Å²) >= 11 is 0. The number of benzene rings is 2. The van der Waals surface area contributed by atoms with Crippen molar-refractivity contribution in [3.8, 4) is 5.75 Å². The second-order valence-electron chi connectivity index (χ2n) is 7.16. The summed E-state index contributed by atoms with van der Waals surface area (Å²) in [6, 6.07) is 18.8. The number of nitrogens with one attached hydrogen (secondary N) is 2. The Balaban J connectivity index is 1.37. The molecule has 29 heavy (non-hydrogen) atoms. The second-order valence-corrected chi connectivity index (χ2v) is 7.16. The molecule has 0 radical (unpaired) electrons. The van der Waals surface area contributed by atoms with Crippen LogP contribution in [0.5, 0.6) is 5.75 Å². The molecule has 4 rings (SSSR count). The topological polar surface area (TPSA) is 61.8 Å². The monoisotopic (exact) mass is 389 g/mol. The minimum absolute atomic E-state index is 0.334. The zero-order valence-corrected chi connectivity index (χ0v) is 16.9. The average Bonchev–Trinajstić information content (AvgIpc) is 3.25. The van der Waals surface area contributed by atoms with E-state index in [1.54, 1.807) is 7.11 Å². The van der Waals surface area contributed by atoms with E-state index in [-0.39, 0.29) is 0 Å². The summed E-state index contributed by atoms with van der Waals surface area (Å²) in [5.41, 5.74) is 3.36. The quantitative estimate of drug-likeness (QED) is 0.518. The van der Waals surface area contributed by atoms with Gasteiger partial charge in [0.15, 0.2) is 5.96 Å². The SMILES string of the molecule is CN=C(NCc1ccnc2ccccc12)NC1CCN(c2ccccc2OC)C1. The number of anilines is 1. The molecule has 6 nitrogen and oxygen atoms in total. The molecule has 1 aliphatic heterocycles. The Morgan fingerprint density at radius 3 is 2.86 bits per heavy atom. The van der Waals surface area contributed by atoms with Crippen LogP contribution in [0.1, 0.15) is 12.0 Å². The molecule has 1 atom stereocenters. The van der Waals surface area contributed by atoms with Gasteiger partial charge >= 0.3 is 0 Å². The highest BCUT2D eigenvalue weighted by Gasteiger charge is 2.25. The van der Waals surface area contributed by atoms with Gasteiger partial charge in [-0.15, -0.1) is 0 Å². The summed E-state index contributed by atoms with van der Waals surface area (Å²) in [5, 5.41) is 8.18. The summed E-state index contributed by atoms with van der Waals surface area (Å²) in [4.78, 5) is 11.2. The van der Waals surface area contributed by atoms with Crippen molar-refractivity contribution in [1.82, 2.24) is 15.6 Å². The summed E-state index contributed by atoms with van der Waals surface area (Å²) in [6.45, 7) is 2.61.